The molecular formula is C18H27N3O4. The molecule has 1 atom stereocenters. The summed E-state index contributed by atoms with van der Waals surface area (Å²) in [6, 6.07) is 6.40. The number of carbonyl (C=O) groups is 3. The van der Waals surface area contributed by atoms with Crippen LogP contribution in [0.1, 0.15) is 49.9 Å². The number of nitrogens with one attached hydrogen (secondary N) is 3. The fourth-order valence-corrected chi connectivity index (χ4v) is 2.29. The Labute approximate surface area is 148 Å². The number of carboxylic acid groups (broad SMARTS) is 1. The van der Waals surface area contributed by atoms with E-state index in [-0.39, 0.29) is 11.8 Å². The zero-order chi connectivity index (χ0) is 18.7. The van der Waals surface area contributed by atoms with Crippen LogP contribution in [0.15, 0.2) is 24.3 Å². The maximum atomic E-state index is 12.0. The summed E-state index contributed by atoms with van der Waals surface area (Å²) >= 11 is 0. The van der Waals surface area contributed by atoms with Gasteiger partial charge in [0.1, 0.15) is 6.04 Å². The van der Waals surface area contributed by atoms with E-state index in [9.17, 15) is 14.4 Å². The van der Waals surface area contributed by atoms with Crippen molar-refractivity contribution in [1.29, 1.82) is 0 Å². The van der Waals surface area contributed by atoms with Crippen molar-refractivity contribution in [2.24, 2.45) is 0 Å². The fraction of sp³-hybridized carbons (Fsp3) is 0.500. The molecule has 0 radical (unpaired) electrons. The van der Waals surface area contributed by atoms with Gasteiger partial charge in [-0.1, -0.05) is 6.92 Å². The molecule has 0 bridgehead atoms. The molecule has 1 aromatic rings. The molecule has 0 aromatic heterocycles. The molecule has 1 aromatic carbocycles. The molecule has 0 saturated carbocycles. The number of carbonyl (C=O) groups excluding carboxylic acids is 2. The van der Waals surface area contributed by atoms with Gasteiger partial charge in [-0.2, -0.15) is 0 Å². The number of aliphatic carboxylic acids is 1. The molecule has 0 spiro atoms. The topological polar surface area (TPSA) is 108 Å². The third kappa shape index (κ3) is 8.19. The predicted octanol–water partition coefficient (Wildman–Crippen LogP) is 2.00. The van der Waals surface area contributed by atoms with E-state index in [1.165, 1.54) is 6.92 Å². The lowest BCUT2D eigenvalue weighted by Gasteiger charge is -2.13. The molecule has 0 heterocycles. The lowest BCUT2D eigenvalue weighted by molar-refractivity contribution is -0.141. The Bertz CT molecular complexity index is 572. The van der Waals surface area contributed by atoms with E-state index < -0.39 is 12.0 Å². The van der Waals surface area contributed by atoms with Crippen molar-refractivity contribution in [3.05, 3.63) is 29.8 Å². The minimum atomic E-state index is -1.05. The van der Waals surface area contributed by atoms with Gasteiger partial charge in [-0.15, -0.1) is 0 Å². The molecule has 0 aliphatic heterocycles. The van der Waals surface area contributed by atoms with E-state index in [1.807, 2.05) is 12.1 Å². The summed E-state index contributed by atoms with van der Waals surface area (Å²) in [7, 11) is 0. The minimum absolute atomic E-state index is 0.154. The monoisotopic (exact) mass is 349 g/mol. The average Bonchev–Trinajstić information content (AvgIpc) is 2.58. The van der Waals surface area contributed by atoms with Crippen LogP contribution in [-0.2, 0) is 9.59 Å². The lowest BCUT2D eigenvalue weighted by Crippen LogP contribution is -2.39. The van der Waals surface area contributed by atoms with Crippen LogP contribution < -0.4 is 16.0 Å². The summed E-state index contributed by atoms with van der Waals surface area (Å²) in [5, 5.41) is 17.5. The second kappa shape index (κ2) is 11.1. The quantitative estimate of drug-likeness (QED) is 0.457. The minimum Gasteiger partial charge on any atom is -0.480 e. The summed E-state index contributed by atoms with van der Waals surface area (Å²) in [6.07, 6.45) is 2.61. The molecule has 0 saturated heterocycles. The van der Waals surface area contributed by atoms with E-state index in [2.05, 4.69) is 22.9 Å². The Kier molecular flexibility index (Phi) is 9.06. The Balaban J connectivity index is 2.30. The first-order valence-electron chi connectivity index (χ1n) is 8.56. The number of carboxylic acids is 1. The molecule has 4 N–H and O–H groups in total. The summed E-state index contributed by atoms with van der Waals surface area (Å²) < 4.78 is 0. The standard InChI is InChI=1S/C18H27N3O4/c1-3-11-19-15-9-7-14(8-10-15)17(23)20-12-5-4-6-16(18(24)25)21-13(2)22/h7-10,16,19H,3-6,11-12H2,1-2H3,(H,20,23)(H,21,22)(H,24,25)/t16-/m0/s1. The normalized spacial score (nSPS) is 11.4. The van der Waals surface area contributed by atoms with Crippen molar-refractivity contribution in [2.45, 2.75) is 45.6 Å². The number of benzene rings is 1. The molecule has 1 rings (SSSR count). The van der Waals surface area contributed by atoms with E-state index in [4.69, 9.17) is 5.11 Å². The predicted molar refractivity (Wildman–Crippen MR) is 96.6 cm³/mol. The van der Waals surface area contributed by atoms with Crippen LogP contribution in [0.4, 0.5) is 5.69 Å². The number of hydrogen-bond donors (Lipinski definition) is 4. The van der Waals surface area contributed by atoms with Gasteiger partial charge in [0.05, 0.1) is 0 Å². The molecule has 7 heteroatoms. The van der Waals surface area contributed by atoms with Gasteiger partial charge in [-0.3, -0.25) is 9.59 Å². The molecule has 7 nitrogen and oxygen atoms in total. The van der Waals surface area contributed by atoms with E-state index in [0.29, 0.717) is 31.4 Å². The van der Waals surface area contributed by atoms with E-state index >= 15 is 0 Å². The number of unbranched alkanes of at least 4 members (excludes halogenated alkanes) is 1. The van der Waals surface area contributed by atoms with Crippen molar-refractivity contribution in [2.75, 3.05) is 18.4 Å². The van der Waals surface area contributed by atoms with Gasteiger partial charge in [-0.25, -0.2) is 4.79 Å². The van der Waals surface area contributed by atoms with Crippen molar-refractivity contribution in [1.82, 2.24) is 10.6 Å². The molecule has 138 valence electrons. The van der Waals surface area contributed by atoms with Crippen LogP contribution in [0, 0.1) is 0 Å². The zero-order valence-electron chi connectivity index (χ0n) is 14.8. The van der Waals surface area contributed by atoms with Crippen LogP contribution in [-0.4, -0.2) is 42.0 Å². The van der Waals surface area contributed by atoms with Crippen LogP contribution in [0.3, 0.4) is 0 Å². The summed E-state index contributed by atoms with van der Waals surface area (Å²) in [4.78, 5) is 34.0. The van der Waals surface area contributed by atoms with Crippen molar-refractivity contribution < 1.29 is 19.5 Å². The van der Waals surface area contributed by atoms with Crippen molar-refractivity contribution in [3.8, 4) is 0 Å². The average molecular weight is 349 g/mol. The highest BCUT2D eigenvalue weighted by Crippen LogP contribution is 2.09. The third-order valence-corrected chi connectivity index (χ3v) is 3.61. The first-order valence-corrected chi connectivity index (χ1v) is 8.56. The maximum Gasteiger partial charge on any atom is 0.326 e. The number of rotatable bonds is 11. The highest BCUT2D eigenvalue weighted by atomic mass is 16.4. The van der Waals surface area contributed by atoms with E-state index in [1.54, 1.807) is 12.1 Å². The van der Waals surface area contributed by atoms with Crippen LogP contribution in [0.5, 0.6) is 0 Å². The molecular weight excluding hydrogens is 322 g/mol. The number of hydrogen-bond acceptors (Lipinski definition) is 4. The molecule has 0 fully saturated rings. The smallest absolute Gasteiger partial charge is 0.326 e. The number of amides is 2. The molecule has 0 aliphatic carbocycles. The summed E-state index contributed by atoms with van der Waals surface area (Å²) in [5.41, 5.74) is 1.57. The van der Waals surface area contributed by atoms with Crippen molar-refractivity contribution in [3.63, 3.8) is 0 Å². The molecule has 2 amide bonds. The van der Waals surface area contributed by atoms with Crippen LogP contribution >= 0.6 is 0 Å². The summed E-state index contributed by atoms with van der Waals surface area (Å²) in [6.45, 7) is 4.73. The van der Waals surface area contributed by atoms with E-state index in [0.717, 1.165) is 18.7 Å². The van der Waals surface area contributed by atoms with Gasteiger partial charge in [0.25, 0.3) is 5.91 Å². The van der Waals surface area contributed by atoms with Gasteiger partial charge >= 0.3 is 5.97 Å². The van der Waals surface area contributed by atoms with Crippen LogP contribution in [0.2, 0.25) is 0 Å². The Morgan fingerprint density at radius 1 is 1.08 bits per heavy atom. The largest absolute Gasteiger partial charge is 0.480 e. The van der Waals surface area contributed by atoms with Crippen LogP contribution in [0.25, 0.3) is 0 Å². The Hall–Kier alpha value is -2.57. The van der Waals surface area contributed by atoms with Gasteiger partial charge in [0.15, 0.2) is 0 Å². The molecule has 25 heavy (non-hydrogen) atoms. The van der Waals surface area contributed by atoms with Gasteiger partial charge in [-0.05, 0) is 49.9 Å². The first-order chi connectivity index (χ1) is 11.9. The second-order valence-corrected chi connectivity index (χ2v) is 5.85. The van der Waals surface area contributed by atoms with Gasteiger partial charge < -0.3 is 21.1 Å². The van der Waals surface area contributed by atoms with Crippen molar-refractivity contribution >= 4 is 23.5 Å². The maximum absolute atomic E-state index is 12.0. The lowest BCUT2D eigenvalue weighted by atomic mass is 10.1. The third-order valence-electron chi connectivity index (χ3n) is 3.61. The molecule has 0 unspecified atom stereocenters. The Morgan fingerprint density at radius 3 is 2.32 bits per heavy atom. The Morgan fingerprint density at radius 2 is 1.76 bits per heavy atom. The zero-order valence-corrected chi connectivity index (χ0v) is 14.8. The highest BCUT2D eigenvalue weighted by molar-refractivity contribution is 5.94. The summed E-state index contributed by atoms with van der Waals surface area (Å²) in [5.74, 6) is -1.56. The highest BCUT2D eigenvalue weighted by Gasteiger charge is 2.17. The first kappa shape index (κ1) is 20.5. The molecule has 0 aliphatic rings. The fourth-order valence-electron chi connectivity index (χ4n) is 2.29. The SMILES string of the molecule is CCCNc1ccc(C(=O)NCCCC[C@H](NC(C)=O)C(=O)O)cc1. The number of anilines is 1. The van der Waals surface area contributed by atoms with Gasteiger partial charge in [0.2, 0.25) is 5.91 Å². The van der Waals surface area contributed by atoms with Gasteiger partial charge in [0, 0.05) is 31.3 Å². The second-order valence-electron chi connectivity index (χ2n) is 5.85.